The Morgan fingerprint density at radius 2 is 2.06 bits per heavy atom. The van der Waals surface area contributed by atoms with Gasteiger partial charge in [0.2, 0.25) is 0 Å². The fraction of sp³-hybridized carbons (Fsp3) is 1.00. The quantitative estimate of drug-likeness (QED) is 0.739. The SMILES string of the molecule is CC(C)N(CCCO)CCC1CCCCN1C. The molecule has 1 saturated heterocycles. The molecule has 1 fully saturated rings. The Morgan fingerprint density at radius 3 is 2.65 bits per heavy atom. The molecule has 1 N–H and O–H groups in total. The lowest BCUT2D eigenvalue weighted by Crippen LogP contribution is -2.41. The Balaban J connectivity index is 2.29. The first-order valence-electron chi connectivity index (χ1n) is 7.20. The van der Waals surface area contributed by atoms with Gasteiger partial charge >= 0.3 is 0 Å². The third kappa shape index (κ3) is 5.36. The van der Waals surface area contributed by atoms with Crippen LogP contribution in [0.5, 0.6) is 0 Å². The van der Waals surface area contributed by atoms with Crippen molar-refractivity contribution in [3.8, 4) is 0 Å². The van der Waals surface area contributed by atoms with Crippen LogP contribution in [0.3, 0.4) is 0 Å². The van der Waals surface area contributed by atoms with Gasteiger partial charge in [-0.1, -0.05) is 6.42 Å². The van der Waals surface area contributed by atoms with Crippen molar-refractivity contribution in [3.63, 3.8) is 0 Å². The van der Waals surface area contributed by atoms with Crippen molar-refractivity contribution in [2.45, 2.75) is 58.0 Å². The number of rotatable bonds is 7. The van der Waals surface area contributed by atoms with Crippen molar-refractivity contribution < 1.29 is 5.11 Å². The Kier molecular flexibility index (Phi) is 7.09. The predicted molar refractivity (Wildman–Crippen MR) is 73.3 cm³/mol. The first-order chi connectivity index (χ1) is 8.15. The molecule has 1 rings (SSSR count). The van der Waals surface area contributed by atoms with Crippen LogP contribution < -0.4 is 0 Å². The summed E-state index contributed by atoms with van der Waals surface area (Å²) in [5, 5.41) is 8.92. The molecule has 1 aliphatic heterocycles. The molecule has 3 heteroatoms. The van der Waals surface area contributed by atoms with Crippen molar-refractivity contribution in [1.82, 2.24) is 9.80 Å². The smallest absolute Gasteiger partial charge is 0.0443 e. The number of nitrogens with zero attached hydrogens (tertiary/aromatic N) is 2. The largest absolute Gasteiger partial charge is 0.396 e. The molecule has 1 atom stereocenters. The van der Waals surface area contributed by atoms with Crippen LogP contribution in [0.1, 0.15) is 46.0 Å². The van der Waals surface area contributed by atoms with Gasteiger partial charge in [-0.05, 0) is 59.7 Å². The van der Waals surface area contributed by atoms with E-state index >= 15 is 0 Å². The molecule has 0 aromatic carbocycles. The summed E-state index contributed by atoms with van der Waals surface area (Å²) in [7, 11) is 2.26. The number of hydrogen-bond donors (Lipinski definition) is 1. The maximum Gasteiger partial charge on any atom is 0.0443 e. The summed E-state index contributed by atoms with van der Waals surface area (Å²) >= 11 is 0. The van der Waals surface area contributed by atoms with E-state index in [2.05, 4.69) is 30.7 Å². The first-order valence-corrected chi connectivity index (χ1v) is 7.20. The van der Waals surface area contributed by atoms with Gasteiger partial charge in [0, 0.05) is 25.2 Å². The number of piperidine rings is 1. The fourth-order valence-electron chi connectivity index (χ4n) is 2.73. The second-order valence-electron chi connectivity index (χ2n) is 5.63. The standard InChI is InChI=1S/C14H30N2O/c1-13(2)16(10-6-12-17)11-8-14-7-4-5-9-15(14)3/h13-14,17H,4-12H2,1-3H3. The van der Waals surface area contributed by atoms with Crippen LogP contribution in [0.25, 0.3) is 0 Å². The van der Waals surface area contributed by atoms with Crippen molar-refractivity contribution in [2.24, 2.45) is 0 Å². The van der Waals surface area contributed by atoms with E-state index in [1.165, 1.54) is 38.8 Å². The number of aliphatic hydroxyl groups is 1. The number of likely N-dealkylation sites (tertiary alicyclic amines) is 1. The molecule has 102 valence electrons. The summed E-state index contributed by atoms with van der Waals surface area (Å²) in [5.74, 6) is 0. The fourth-order valence-corrected chi connectivity index (χ4v) is 2.73. The van der Waals surface area contributed by atoms with Gasteiger partial charge < -0.3 is 14.9 Å². The van der Waals surface area contributed by atoms with Crippen molar-refractivity contribution in [3.05, 3.63) is 0 Å². The molecule has 17 heavy (non-hydrogen) atoms. The number of aliphatic hydroxyl groups excluding tert-OH is 1. The van der Waals surface area contributed by atoms with Crippen molar-refractivity contribution in [2.75, 3.05) is 33.3 Å². The maximum absolute atomic E-state index is 8.92. The van der Waals surface area contributed by atoms with Crippen LogP contribution >= 0.6 is 0 Å². The third-order valence-electron chi connectivity index (χ3n) is 4.00. The van der Waals surface area contributed by atoms with E-state index in [-0.39, 0.29) is 0 Å². The minimum atomic E-state index is 0.312. The molecule has 0 bridgehead atoms. The van der Waals surface area contributed by atoms with E-state index in [9.17, 15) is 0 Å². The van der Waals surface area contributed by atoms with Crippen LogP contribution in [-0.4, -0.2) is 60.3 Å². The van der Waals surface area contributed by atoms with Crippen LogP contribution in [0, 0.1) is 0 Å². The summed E-state index contributed by atoms with van der Waals surface area (Å²) < 4.78 is 0. The second-order valence-corrected chi connectivity index (χ2v) is 5.63. The maximum atomic E-state index is 8.92. The van der Waals surface area contributed by atoms with Crippen LogP contribution in [-0.2, 0) is 0 Å². The first kappa shape index (κ1) is 14.9. The molecular weight excluding hydrogens is 212 g/mol. The highest BCUT2D eigenvalue weighted by Crippen LogP contribution is 2.18. The summed E-state index contributed by atoms with van der Waals surface area (Å²) in [6.45, 7) is 8.29. The molecule has 0 aliphatic carbocycles. The molecule has 3 nitrogen and oxygen atoms in total. The highest BCUT2D eigenvalue weighted by Gasteiger charge is 2.20. The van der Waals surface area contributed by atoms with E-state index in [4.69, 9.17) is 5.11 Å². The van der Waals surface area contributed by atoms with Crippen LogP contribution in [0.2, 0.25) is 0 Å². The summed E-state index contributed by atoms with van der Waals surface area (Å²) in [6.07, 6.45) is 6.31. The van der Waals surface area contributed by atoms with Gasteiger partial charge in [-0.2, -0.15) is 0 Å². The van der Waals surface area contributed by atoms with Gasteiger partial charge in [-0.3, -0.25) is 0 Å². The lowest BCUT2D eigenvalue weighted by Gasteiger charge is -2.35. The second kappa shape index (κ2) is 8.06. The average Bonchev–Trinajstić information content (AvgIpc) is 2.31. The average molecular weight is 242 g/mol. The van der Waals surface area contributed by atoms with Crippen molar-refractivity contribution in [1.29, 1.82) is 0 Å². The Morgan fingerprint density at radius 1 is 1.29 bits per heavy atom. The molecule has 0 saturated carbocycles. The van der Waals surface area contributed by atoms with E-state index in [0.29, 0.717) is 12.6 Å². The van der Waals surface area contributed by atoms with E-state index in [1.807, 2.05) is 0 Å². The Hall–Kier alpha value is -0.120. The van der Waals surface area contributed by atoms with Gasteiger partial charge in [0.1, 0.15) is 0 Å². The molecular formula is C14H30N2O. The normalized spacial score (nSPS) is 22.6. The van der Waals surface area contributed by atoms with Crippen molar-refractivity contribution >= 4 is 0 Å². The summed E-state index contributed by atoms with van der Waals surface area (Å²) in [5.41, 5.74) is 0. The summed E-state index contributed by atoms with van der Waals surface area (Å²) in [6, 6.07) is 1.37. The minimum Gasteiger partial charge on any atom is -0.396 e. The molecule has 0 aromatic rings. The molecule has 0 amide bonds. The zero-order valence-electron chi connectivity index (χ0n) is 11.9. The third-order valence-corrected chi connectivity index (χ3v) is 4.00. The topological polar surface area (TPSA) is 26.7 Å². The van der Waals surface area contributed by atoms with E-state index in [1.54, 1.807) is 0 Å². The molecule has 0 spiro atoms. The monoisotopic (exact) mass is 242 g/mol. The van der Waals surface area contributed by atoms with Gasteiger partial charge in [0.25, 0.3) is 0 Å². The van der Waals surface area contributed by atoms with Crippen LogP contribution in [0.15, 0.2) is 0 Å². The van der Waals surface area contributed by atoms with Gasteiger partial charge in [0.15, 0.2) is 0 Å². The van der Waals surface area contributed by atoms with Crippen LogP contribution in [0.4, 0.5) is 0 Å². The van der Waals surface area contributed by atoms with E-state index in [0.717, 1.165) is 19.0 Å². The summed E-state index contributed by atoms with van der Waals surface area (Å²) in [4.78, 5) is 5.02. The molecule has 0 aromatic heterocycles. The molecule has 1 heterocycles. The molecule has 1 unspecified atom stereocenters. The predicted octanol–water partition coefficient (Wildman–Crippen LogP) is 1.95. The van der Waals surface area contributed by atoms with Gasteiger partial charge in [-0.15, -0.1) is 0 Å². The van der Waals surface area contributed by atoms with Gasteiger partial charge in [0.05, 0.1) is 0 Å². The lowest BCUT2D eigenvalue weighted by molar-refractivity contribution is 0.136. The zero-order chi connectivity index (χ0) is 12.7. The highest BCUT2D eigenvalue weighted by atomic mass is 16.3. The highest BCUT2D eigenvalue weighted by molar-refractivity contribution is 4.76. The van der Waals surface area contributed by atoms with Gasteiger partial charge in [-0.25, -0.2) is 0 Å². The minimum absolute atomic E-state index is 0.312. The Labute approximate surface area is 107 Å². The van der Waals surface area contributed by atoms with E-state index < -0.39 is 0 Å². The Bertz CT molecular complexity index is 197. The molecule has 0 radical (unpaired) electrons. The number of hydrogen-bond acceptors (Lipinski definition) is 3. The molecule has 1 aliphatic rings. The zero-order valence-corrected chi connectivity index (χ0v) is 11.9. The lowest BCUT2D eigenvalue weighted by atomic mass is 9.99.